The van der Waals surface area contributed by atoms with E-state index in [1.54, 1.807) is 0 Å². The molecule has 3 heteroatoms. The molecule has 2 aromatic carbocycles. The van der Waals surface area contributed by atoms with Crippen molar-refractivity contribution in [2.45, 2.75) is 31.8 Å². The highest BCUT2D eigenvalue weighted by molar-refractivity contribution is 5.37. The Kier molecular flexibility index (Phi) is 3.68. The van der Waals surface area contributed by atoms with Gasteiger partial charge >= 0.3 is 0 Å². The largest absolute Gasteiger partial charge is 0.508 e. The number of hydrogen-bond donors (Lipinski definition) is 1. The van der Waals surface area contributed by atoms with Crippen molar-refractivity contribution in [3.63, 3.8) is 0 Å². The molecule has 1 aliphatic rings. The molecule has 2 atom stereocenters. The van der Waals surface area contributed by atoms with E-state index in [1.807, 2.05) is 14.0 Å². The first-order valence-electron chi connectivity index (χ1n) is 7.36. The van der Waals surface area contributed by atoms with Gasteiger partial charge in [-0.3, -0.25) is 4.90 Å². The first-order valence-corrected chi connectivity index (χ1v) is 7.36. The second-order valence-electron chi connectivity index (χ2n) is 5.80. The van der Waals surface area contributed by atoms with Gasteiger partial charge < -0.3 is 5.11 Å². The maximum atomic E-state index is 13.5. The summed E-state index contributed by atoms with van der Waals surface area (Å²) >= 11 is 0. The molecule has 21 heavy (non-hydrogen) atoms. The van der Waals surface area contributed by atoms with Crippen LogP contribution in [0.2, 0.25) is 0 Å². The maximum absolute atomic E-state index is 13.5. The van der Waals surface area contributed by atoms with Crippen LogP contribution in [0.3, 0.4) is 0 Å². The summed E-state index contributed by atoms with van der Waals surface area (Å²) in [5.41, 5.74) is 3.38. The molecule has 0 bridgehead atoms. The van der Waals surface area contributed by atoms with Gasteiger partial charge in [0.15, 0.2) is 0 Å². The van der Waals surface area contributed by atoms with Crippen molar-refractivity contribution in [1.82, 2.24) is 4.90 Å². The molecule has 0 saturated heterocycles. The van der Waals surface area contributed by atoms with E-state index in [4.69, 9.17) is 0 Å². The molecule has 0 aromatic heterocycles. The van der Waals surface area contributed by atoms with E-state index in [0.29, 0.717) is 11.6 Å². The van der Waals surface area contributed by atoms with Gasteiger partial charge in [0.2, 0.25) is 0 Å². The van der Waals surface area contributed by atoms with Crippen LogP contribution >= 0.6 is 0 Å². The van der Waals surface area contributed by atoms with Crippen LogP contribution in [0, 0.1) is 5.82 Å². The number of aromatic hydroxyl groups is 1. The Labute approximate surface area is 124 Å². The highest BCUT2D eigenvalue weighted by Crippen LogP contribution is 2.40. The molecule has 1 aliphatic carbocycles. The molecular formula is C18H20FNO. The quantitative estimate of drug-likeness (QED) is 0.913. The minimum atomic E-state index is -0.310. The van der Waals surface area contributed by atoms with Crippen LogP contribution in [-0.4, -0.2) is 17.1 Å². The predicted molar refractivity (Wildman–Crippen MR) is 81.7 cm³/mol. The van der Waals surface area contributed by atoms with E-state index < -0.39 is 0 Å². The Hall–Kier alpha value is -1.87. The number of phenolic OH excluding ortho intramolecular Hbond substituents is 1. The predicted octanol–water partition coefficient (Wildman–Crippen LogP) is 4.21. The third kappa shape index (κ3) is 2.54. The lowest BCUT2D eigenvalue weighted by Gasteiger charge is -2.32. The molecule has 0 spiro atoms. The molecular weight excluding hydrogens is 265 g/mol. The zero-order chi connectivity index (χ0) is 15.0. The highest BCUT2D eigenvalue weighted by Gasteiger charge is 2.29. The van der Waals surface area contributed by atoms with Crippen LogP contribution in [0.4, 0.5) is 4.39 Å². The first kappa shape index (κ1) is 14.1. The van der Waals surface area contributed by atoms with E-state index in [1.165, 1.54) is 29.3 Å². The van der Waals surface area contributed by atoms with Crippen molar-refractivity contribution < 1.29 is 9.50 Å². The summed E-state index contributed by atoms with van der Waals surface area (Å²) in [4.78, 5) is 2.22. The zero-order valence-corrected chi connectivity index (χ0v) is 12.4. The van der Waals surface area contributed by atoms with E-state index in [0.717, 1.165) is 12.8 Å². The second kappa shape index (κ2) is 5.49. The molecule has 0 aliphatic heterocycles. The van der Waals surface area contributed by atoms with Crippen LogP contribution < -0.4 is 0 Å². The molecule has 110 valence electrons. The molecule has 0 heterocycles. The molecule has 2 unspecified atom stereocenters. The molecule has 3 rings (SSSR count). The minimum absolute atomic E-state index is 0.0446. The summed E-state index contributed by atoms with van der Waals surface area (Å²) in [6.07, 6.45) is 2.14. The van der Waals surface area contributed by atoms with Crippen LogP contribution in [0.5, 0.6) is 5.75 Å². The van der Waals surface area contributed by atoms with Crippen molar-refractivity contribution >= 4 is 0 Å². The fraction of sp³-hybridized carbons (Fsp3) is 0.333. The lowest BCUT2D eigenvalue weighted by Crippen LogP contribution is -2.26. The van der Waals surface area contributed by atoms with E-state index >= 15 is 0 Å². The average Bonchev–Trinajstić information content (AvgIpc) is 2.92. The molecule has 0 amide bonds. The van der Waals surface area contributed by atoms with Gasteiger partial charge in [-0.05, 0) is 56.1 Å². The van der Waals surface area contributed by atoms with Gasteiger partial charge in [0.05, 0.1) is 0 Å². The van der Waals surface area contributed by atoms with Gasteiger partial charge in [0.25, 0.3) is 0 Å². The molecule has 0 radical (unpaired) electrons. The number of halogens is 1. The summed E-state index contributed by atoms with van der Waals surface area (Å²) in [5.74, 6) is -0.156. The van der Waals surface area contributed by atoms with Crippen LogP contribution in [0.1, 0.15) is 42.1 Å². The third-order valence-electron chi connectivity index (χ3n) is 4.64. The Morgan fingerprint density at radius 3 is 2.81 bits per heavy atom. The number of benzene rings is 2. The van der Waals surface area contributed by atoms with E-state index in [-0.39, 0.29) is 17.6 Å². The van der Waals surface area contributed by atoms with Crippen molar-refractivity contribution in [2.24, 2.45) is 0 Å². The number of rotatable bonds is 3. The van der Waals surface area contributed by atoms with Crippen LogP contribution in [-0.2, 0) is 6.42 Å². The SMILES string of the molecule is CC(c1cc(F)ccc1O)N(C)C1CCc2ccccc21. The summed E-state index contributed by atoms with van der Waals surface area (Å²) in [7, 11) is 2.04. The summed E-state index contributed by atoms with van der Waals surface area (Å²) in [6.45, 7) is 2.01. The Morgan fingerprint density at radius 2 is 2.00 bits per heavy atom. The highest BCUT2D eigenvalue weighted by atomic mass is 19.1. The van der Waals surface area contributed by atoms with Crippen molar-refractivity contribution in [3.8, 4) is 5.75 Å². The van der Waals surface area contributed by atoms with Gasteiger partial charge in [-0.1, -0.05) is 24.3 Å². The smallest absolute Gasteiger partial charge is 0.123 e. The molecule has 2 aromatic rings. The van der Waals surface area contributed by atoms with E-state index in [9.17, 15) is 9.50 Å². The van der Waals surface area contributed by atoms with Gasteiger partial charge in [-0.15, -0.1) is 0 Å². The second-order valence-corrected chi connectivity index (χ2v) is 5.80. The number of phenols is 1. The van der Waals surface area contributed by atoms with Crippen LogP contribution in [0.25, 0.3) is 0 Å². The molecule has 1 N–H and O–H groups in total. The lowest BCUT2D eigenvalue weighted by atomic mass is 10.0. The Bertz CT molecular complexity index is 655. The maximum Gasteiger partial charge on any atom is 0.123 e. The van der Waals surface area contributed by atoms with Crippen LogP contribution in [0.15, 0.2) is 42.5 Å². The third-order valence-corrected chi connectivity index (χ3v) is 4.64. The monoisotopic (exact) mass is 285 g/mol. The fourth-order valence-corrected chi connectivity index (χ4v) is 3.31. The number of hydrogen-bond acceptors (Lipinski definition) is 2. The van der Waals surface area contributed by atoms with E-state index in [2.05, 4.69) is 29.2 Å². The van der Waals surface area contributed by atoms with Gasteiger partial charge in [0.1, 0.15) is 11.6 Å². The van der Waals surface area contributed by atoms with Crippen molar-refractivity contribution in [3.05, 3.63) is 65.0 Å². The average molecular weight is 285 g/mol. The van der Waals surface area contributed by atoms with Gasteiger partial charge in [0, 0.05) is 17.6 Å². The zero-order valence-electron chi connectivity index (χ0n) is 12.4. The number of nitrogens with zero attached hydrogens (tertiary/aromatic N) is 1. The number of aryl methyl sites for hydroxylation is 1. The van der Waals surface area contributed by atoms with Crippen molar-refractivity contribution in [2.75, 3.05) is 7.05 Å². The lowest BCUT2D eigenvalue weighted by molar-refractivity contribution is 0.182. The minimum Gasteiger partial charge on any atom is -0.508 e. The Morgan fingerprint density at radius 1 is 1.24 bits per heavy atom. The van der Waals surface area contributed by atoms with Crippen molar-refractivity contribution in [1.29, 1.82) is 0 Å². The summed E-state index contributed by atoms with van der Waals surface area (Å²) in [5, 5.41) is 10.00. The standard InChI is InChI=1S/C18H20FNO/c1-12(16-11-14(19)8-10-18(16)21)20(2)17-9-7-13-5-3-4-6-15(13)17/h3-6,8,10-12,17,21H,7,9H2,1-2H3. The molecule has 0 fully saturated rings. The first-order chi connectivity index (χ1) is 10.1. The summed E-state index contributed by atoms with van der Waals surface area (Å²) in [6, 6.07) is 12.9. The molecule has 2 nitrogen and oxygen atoms in total. The Balaban J connectivity index is 1.89. The van der Waals surface area contributed by atoms with Gasteiger partial charge in [-0.25, -0.2) is 4.39 Å². The molecule has 0 saturated carbocycles. The van der Waals surface area contributed by atoms with Gasteiger partial charge in [-0.2, -0.15) is 0 Å². The fourth-order valence-electron chi connectivity index (χ4n) is 3.31. The topological polar surface area (TPSA) is 23.5 Å². The number of fused-ring (bicyclic) bond motifs is 1. The summed E-state index contributed by atoms with van der Waals surface area (Å²) < 4.78 is 13.5. The normalized spacial score (nSPS) is 18.8.